The highest BCUT2D eigenvalue weighted by molar-refractivity contribution is 8.00. The first-order valence-electron chi connectivity index (χ1n) is 10.4. The molecule has 1 aliphatic rings. The number of hydrogen-bond donors (Lipinski definition) is 2. The predicted octanol–water partition coefficient (Wildman–Crippen LogP) is 3.66. The molecule has 164 valence electrons. The Balaban J connectivity index is 1.58. The van der Waals surface area contributed by atoms with E-state index in [1.165, 1.54) is 6.33 Å². The fourth-order valence-electron chi connectivity index (χ4n) is 3.71. The summed E-state index contributed by atoms with van der Waals surface area (Å²) in [4.78, 5) is 28.5. The van der Waals surface area contributed by atoms with Gasteiger partial charge in [-0.15, -0.1) is 11.8 Å². The summed E-state index contributed by atoms with van der Waals surface area (Å²) in [6, 6.07) is 8.08. The Kier molecular flexibility index (Phi) is 5.30. The number of nitrogens with one attached hydrogen (secondary N) is 2. The average Bonchev–Trinajstić information content (AvgIpc) is 3.33. The van der Waals surface area contributed by atoms with Crippen molar-refractivity contribution in [2.75, 3.05) is 17.7 Å². The number of benzene rings is 1. The second-order valence-corrected chi connectivity index (χ2v) is 9.16. The molecule has 32 heavy (non-hydrogen) atoms. The number of aromatic amines is 1. The molecule has 3 aromatic heterocycles. The van der Waals surface area contributed by atoms with E-state index in [2.05, 4.69) is 51.2 Å². The van der Waals surface area contributed by atoms with Gasteiger partial charge in [-0.2, -0.15) is 9.78 Å². The van der Waals surface area contributed by atoms with Gasteiger partial charge in [0.1, 0.15) is 23.4 Å². The molecule has 9 nitrogen and oxygen atoms in total. The Hall–Kier alpha value is -3.40. The lowest BCUT2D eigenvalue weighted by Crippen LogP contribution is -2.16. The monoisotopic (exact) mass is 449 g/mol. The second kappa shape index (κ2) is 8.27. The fourth-order valence-corrected chi connectivity index (χ4v) is 4.90. The normalized spacial score (nSPS) is 16.1. The lowest BCUT2D eigenvalue weighted by molar-refractivity contribution is -0.113. The van der Waals surface area contributed by atoms with Crippen molar-refractivity contribution >= 4 is 34.7 Å². The van der Waals surface area contributed by atoms with Crippen LogP contribution in [-0.4, -0.2) is 48.0 Å². The highest BCUT2D eigenvalue weighted by Crippen LogP contribution is 2.44. The van der Waals surface area contributed by atoms with Crippen LogP contribution in [0, 0.1) is 12.8 Å². The van der Waals surface area contributed by atoms with E-state index in [0.29, 0.717) is 41.1 Å². The van der Waals surface area contributed by atoms with E-state index in [9.17, 15) is 4.79 Å². The molecule has 0 radical (unpaired) electrons. The molecule has 0 aliphatic carbocycles. The van der Waals surface area contributed by atoms with E-state index < -0.39 is 0 Å². The number of H-pyrrole nitrogens is 1. The maximum absolute atomic E-state index is 12.6. The molecule has 10 heteroatoms. The van der Waals surface area contributed by atoms with Gasteiger partial charge in [0, 0.05) is 5.56 Å². The first kappa shape index (κ1) is 20.5. The Bertz CT molecular complexity index is 1280. The van der Waals surface area contributed by atoms with Crippen LogP contribution in [0.5, 0.6) is 5.75 Å². The van der Waals surface area contributed by atoms with Crippen LogP contribution in [0.3, 0.4) is 0 Å². The maximum Gasteiger partial charge on any atom is 0.235 e. The molecule has 1 amide bonds. The fraction of sp³-hybridized carbons (Fsp3) is 0.318. The summed E-state index contributed by atoms with van der Waals surface area (Å²) in [5.41, 5.74) is 4.07. The predicted molar refractivity (Wildman–Crippen MR) is 123 cm³/mol. The minimum absolute atomic E-state index is 0.0593. The summed E-state index contributed by atoms with van der Waals surface area (Å²) in [6.45, 7) is 6.87. The standard InChI is InChI=1S/C22H23N7O2S/c1-12(2)8-31-15-6-4-14(5-7-15)19-17-13(3)28-29(21(17)27-16(30)9-32-19)22-18-20(24-10-23-18)25-11-26-22/h4-7,10-12,19H,8-9H2,1-3H3,(H,27,30)(H,23,24,25,26). The van der Waals surface area contributed by atoms with Crippen molar-refractivity contribution in [1.82, 2.24) is 29.7 Å². The number of fused-ring (bicyclic) bond motifs is 2. The quantitative estimate of drug-likeness (QED) is 0.478. The van der Waals surface area contributed by atoms with Crippen LogP contribution in [-0.2, 0) is 4.79 Å². The summed E-state index contributed by atoms with van der Waals surface area (Å²) in [5.74, 6) is 2.73. The highest BCUT2D eigenvalue weighted by atomic mass is 32.2. The zero-order valence-corrected chi connectivity index (χ0v) is 18.8. The summed E-state index contributed by atoms with van der Waals surface area (Å²) in [5, 5.41) is 7.71. The van der Waals surface area contributed by atoms with E-state index in [1.54, 1.807) is 22.8 Å². The molecule has 0 saturated heterocycles. The van der Waals surface area contributed by atoms with Gasteiger partial charge in [0.2, 0.25) is 5.91 Å². The third-order valence-corrected chi connectivity index (χ3v) is 6.45. The van der Waals surface area contributed by atoms with Gasteiger partial charge >= 0.3 is 0 Å². The maximum atomic E-state index is 12.6. The topological polar surface area (TPSA) is 111 Å². The third-order valence-electron chi connectivity index (χ3n) is 5.18. The van der Waals surface area contributed by atoms with Gasteiger partial charge in [-0.25, -0.2) is 15.0 Å². The SMILES string of the molecule is Cc1nn(-c2ncnc3nc[nH]c23)c2c1C(c1ccc(OCC(C)C)cc1)SCC(=O)N2. The van der Waals surface area contributed by atoms with Crippen LogP contribution < -0.4 is 10.1 Å². The van der Waals surface area contributed by atoms with Crippen molar-refractivity contribution in [3.05, 3.63) is 53.7 Å². The van der Waals surface area contributed by atoms with Gasteiger partial charge in [-0.05, 0) is 30.5 Å². The average molecular weight is 450 g/mol. The number of carbonyl (C=O) groups is 1. The molecule has 1 unspecified atom stereocenters. The molecule has 2 N–H and O–H groups in total. The number of hydrogen-bond acceptors (Lipinski definition) is 7. The summed E-state index contributed by atoms with van der Waals surface area (Å²) in [7, 11) is 0. The molecule has 0 fully saturated rings. The van der Waals surface area contributed by atoms with Gasteiger partial charge < -0.3 is 15.0 Å². The van der Waals surface area contributed by atoms with E-state index >= 15 is 0 Å². The lowest BCUT2D eigenvalue weighted by atomic mass is 10.0. The molecule has 4 aromatic rings. The molecule has 1 atom stereocenters. The summed E-state index contributed by atoms with van der Waals surface area (Å²) >= 11 is 1.58. The number of anilines is 1. The molecular weight excluding hydrogens is 426 g/mol. The molecule has 1 aliphatic heterocycles. The van der Waals surface area contributed by atoms with Gasteiger partial charge in [-0.1, -0.05) is 26.0 Å². The molecule has 0 saturated carbocycles. The van der Waals surface area contributed by atoms with Crippen molar-refractivity contribution in [3.63, 3.8) is 0 Å². The number of carbonyl (C=O) groups excluding carboxylic acids is 1. The first-order chi connectivity index (χ1) is 15.5. The number of amides is 1. The number of rotatable bonds is 5. The molecule has 5 rings (SSSR count). The Morgan fingerprint density at radius 3 is 2.81 bits per heavy atom. The van der Waals surface area contributed by atoms with Crippen LogP contribution in [0.1, 0.15) is 35.9 Å². The first-order valence-corrected chi connectivity index (χ1v) is 11.4. The number of aryl methyl sites for hydroxylation is 1. The summed E-state index contributed by atoms with van der Waals surface area (Å²) < 4.78 is 7.50. The minimum atomic E-state index is -0.0771. The lowest BCUT2D eigenvalue weighted by Gasteiger charge is -2.16. The zero-order chi connectivity index (χ0) is 22.2. The van der Waals surface area contributed by atoms with Crippen molar-refractivity contribution in [1.29, 1.82) is 0 Å². The molecule has 4 heterocycles. The van der Waals surface area contributed by atoms with E-state index in [0.717, 1.165) is 22.6 Å². The highest BCUT2D eigenvalue weighted by Gasteiger charge is 2.31. The van der Waals surface area contributed by atoms with Crippen LogP contribution in [0.2, 0.25) is 0 Å². The van der Waals surface area contributed by atoms with Crippen LogP contribution in [0.25, 0.3) is 17.0 Å². The van der Waals surface area contributed by atoms with Crippen molar-refractivity contribution in [2.45, 2.75) is 26.0 Å². The van der Waals surface area contributed by atoms with Crippen LogP contribution in [0.4, 0.5) is 5.82 Å². The number of ether oxygens (including phenoxy) is 1. The van der Waals surface area contributed by atoms with Gasteiger partial charge in [0.15, 0.2) is 11.5 Å². The molecule has 1 aromatic carbocycles. The van der Waals surface area contributed by atoms with E-state index in [-0.39, 0.29) is 11.2 Å². The van der Waals surface area contributed by atoms with E-state index in [1.807, 2.05) is 19.1 Å². The van der Waals surface area contributed by atoms with Crippen LogP contribution >= 0.6 is 11.8 Å². The van der Waals surface area contributed by atoms with Crippen LogP contribution in [0.15, 0.2) is 36.9 Å². The minimum Gasteiger partial charge on any atom is -0.493 e. The Morgan fingerprint density at radius 2 is 2.03 bits per heavy atom. The molecule has 0 spiro atoms. The number of thioether (sulfide) groups is 1. The van der Waals surface area contributed by atoms with E-state index in [4.69, 9.17) is 9.84 Å². The second-order valence-electron chi connectivity index (χ2n) is 8.07. The molecule has 0 bridgehead atoms. The smallest absolute Gasteiger partial charge is 0.235 e. The van der Waals surface area contributed by atoms with Crippen molar-refractivity contribution in [3.8, 4) is 11.6 Å². The Morgan fingerprint density at radius 1 is 1.22 bits per heavy atom. The molecular formula is C22H23N7O2S. The number of imidazole rings is 1. The zero-order valence-electron chi connectivity index (χ0n) is 18.0. The largest absolute Gasteiger partial charge is 0.493 e. The summed E-state index contributed by atoms with van der Waals surface area (Å²) in [6.07, 6.45) is 3.01. The van der Waals surface area contributed by atoms with Gasteiger partial charge in [-0.3, -0.25) is 4.79 Å². The Labute approximate surface area is 189 Å². The number of nitrogens with zero attached hydrogens (tertiary/aromatic N) is 5. The third kappa shape index (κ3) is 3.70. The number of aromatic nitrogens is 6. The van der Waals surface area contributed by atoms with Gasteiger partial charge in [0.05, 0.1) is 29.6 Å². The van der Waals surface area contributed by atoms with Crippen molar-refractivity contribution in [2.24, 2.45) is 5.92 Å². The van der Waals surface area contributed by atoms with Gasteiger partial charge in [0.25, 0.3) is 0 Å². The van der Waals surface area contributed by atoms with Crippen molar-refractivity contribution < 1.29 is 9.53 Å².